The van der Waals surface area contributed by atoms with E-state index in [0.717, 1.165) is 34.7 Å². The van der Waals surface area contributed by atoms with Gasteiger partial charge in [-0.05, 0) is 43.1 Å². The zero-order valence-electron chi connectivity index (χ0n) is 13.2. The summed E-state index contributed by atoms with van der Waals surface area (Å²) in [5.74, 6) is 1.29. The van der Waals surface area contributed by atoms with Gasteiger partial charge in [-0.25, -0.2) is 0 Å². The van der Waals surface area contributed by atoms with Gasteiger partial charge in [-0.1, -0.05) is 32.4 Å². The summed E-state index contributed by atoms with van der Waals surface area (Å²) in [7, 11) is 1.75. The summed E-state index contributed by atoms with van der Waals surface area (Å²) >= 11 is 6.05. The van der Waals surface area contributed by atoms with Crippen molar-refractivity contribution < 1.29 is 9.15 Å². The number of furan rings is 1. The Morgan fingerprint density at radius 3 is 2.67 bits per heavy atom. The first kappa shape index (κ1) is 16.3. The van der Waals surface area contributed by atoms with Crippen LogP contribution < -0.4 is 5.32 Å². The van der Waals surface area contributed by atoms with Gasteiger partial charge in [-0.3, -0.25) is 0 Å². The average molecular weight is 310 g/mol. The zero-order chi connectivity index (χ0) is 15.4. The summed E-state index contributed by atoms with van der Waals surface area (Å²) in [5.41, 5.74) is 0.858. The van der Waals surface area contributed by atoms with Gasteiger partial charge in [0.15, 0.2) is 0 Å². The number of halogens is 1. The molecule has 0 bridgehead atoms. The van der Waals surface area contributed by atoms with Crippen LogP contribution in [0.1, 0.15) is 39.0 Å². The molecule has 4 heteroatoms. The van der Waals surface area contributed by atoms with Crippen molar-refractivity contribution in [1.82, 2.24) is 5.32 Å². The maximum atomic E-state index is 6.05. The standard InChI is InChI=1S/C17H24ClNO2/c1-5-8-19-16(17(20-4)11(2)3)15-10-12-9-13(18)6-7-14(12)21-15/h6-7,9-11,16-17,19H,5,8H2,1-4H3. The van der Waals surface area contributed by atoms with E-state index < -0.39 is 0 Å². The van der Waals surface area contributed by atoms with Crippen LogP contribution in [0.15, 0.2) is 28.7 Å². The highest BCUT2D eigenvalue weighted by Gasteiger charge is 2.28. The van der Waals surface area contributed by atoms with E-state index in [9.17, 15) is 0 Å². The molecule has 0 fully saturated rings. The van der Waals surface area contributed by atoms with Crippen LogP contribution in [0, 0.1) is 5.92 Å². The minimum atomic E-state index is 0.0427. The largest absolute Gasteiger partial charge is 0.459 e. The van der Waals surface area contributed by atoms with E-state index in [1.54, 1.807) is 7.11 Å². The molecule has 21 heavy (non-hydrogen) atoms. The molecule has 3 nitrogen and oxygen atoms in total. The Kier molecular flexibility index (Phi) is 5.68. The fourth-order valence-electron chi connectivity index (χ4n) is 2.66. The summed E-state index contributed by atoms with van der Waals surface area (Å²) in [4.78, 5) is 0. The maximum absolute atomic E-state index is 6.05. The van der Waals surface area contributed by atoms with E-state index in [1.165, 1.54) is 0 Å². The molecule has 1 aromatic heterocycles. The second-order valence-corrected chi connectivity index (χ2v) is 6.14. The van der Waals surface area contributed by atoms with Crippen LogP contribution in [-0.2, 0) is 4.74 Å². The summed E-state index contributed by atoms with van der Waals surface area (Å²) in [5, 5.41) is 5.29. The Morgan fingerprint density at radius 1 is 1.29 bits per heavy atom. The lowest BCUT2D eigenvalue weighted by Crippen LogP contribution is -2.36. The van der Waals surface area contributed by atoms with Crippen LogP contribution >= 0.6 is 11.6 Å². The van der Waals surface area contributed by atoms with Crippen LogP contribution in [0.4, 0.5) is 0 Å². The van der Waals surface area contributed by atoms with E-state index >= 15 is 0 Å². The Balaban J connectivity index is 2.37. The Morgan fingerprint density at radius 2 is 2.05 bits per heavy atom. The van der Waals surface area contributed by atoms with E-state index in [2.05, 4.69) is 32.2 Å². The molecule has 0 aliphatic rings. The number of nitrogens with one attached hydrogen (secondary N) is 1. The quantitative estimate of drug-likeness (QED) is 0.798. The molecular formula is C17H24ClNO2. The van der Waals surface area contributed by atoms with Gasteiger partial charge >= 0.3 is 0 Å². The van der Waals surface area contributed by atoms with Gasteiger partial charge < -0.3 is 14.5 Å². The topological polar surface area (TPSA) is 34.4 Å². The lowest BCUT2D eigenvalue weighted by molar-refractivity contribution is 0.0269. The minimum absolute atomic E-state index is 0.0427. The van der Waals surface area contributed by atoms with E-state index in [4.69, 9.17) is 20.8 Å². The van der Waals surface area contributed by atoms with Crippen molar-refractivity contribution in [1.29, 1.82) is 0 Å². The third-order valence-corrected chi connectivity index (χ3v) is 3.91. The van der Waals surface area contributed by atoms with Gasteiger partial charge in [-0.15, -0.1) is 0 Å². The number of methoxy groups -OCH3 is 1. The molecule has 1 aromatic carbocycles. The Labute approximate surface area is 131 Å². The van der Waals surface area contributed by atoms with E-state index in [1.807, 2.05) is 18.2 Å². The molecule has 0 aliphatic heterocycles. The molecule has 1 N–H and O–H groups in total. The van der Waals surface area contributed by atoms with E-state index in [0.29, 0.717) is 5.92 Å². The predicted octanol–water partition coefficient (Wildman–Crippen LogP) is 4.80. The first-order valence-corrected chi connectivity index (χ1v) is 7.89. The van der Waals surface area contributed by atoms with Gasteiger partial charge in [-0.2, -0.15) is 0 Å². The number of hydrogen-bond acceptors (Lipinski definition) is 3. The van der Waals surface area contributed by atoms with Crippen molar-refractivity contribution in [2.24, 2.45) is 5.92 Å². The molecule has 2 aromatic rings. The van der Waals surface area contributed by atoms with Crippen molar-refractivity contribution in [3.8, 4) is 0 Å². The number of hydrogen-bond donors (Lipinski definition) is 1. The predicted molar refractivity (Wildman–Crippen MR) is 87.9 cm³/mol. The molecule has 0 radical (unpaired) electrons. The monoisotopic (exact) mass is 309 g/mol. The molecule has 0 saturated carbocycles. The molecule has 2 unspecified atom stereocenters. The lowest BCUT2D eigenvalue weighted by atomic mass is 9.97. The summed E-state index contributed by atoms with van der Waals surface area (Å²) in [6.07, 6.45) is 1.13. The Bertz CT molecular complexity index is 579. The number of benzene rings is 1. The number of ether oxygens (including phenoxy) is 1. The highest BCUT2D eigenvalue weighted by molar-refractivity contribution is 6.31. The van der Waals surface area contributed by atoms with Crippen LogP contribution in [0.3, 0.4) is 0 Å². The molecule has 2 atom stereocenters. The van der Waals surface area contributed by atoms with Gasteiger partial charge in [0, 0.05) is 17.5 Å². The fraction of sp³-hybridized carbons (Fsp3) is 0.529. The molecule has 0 amide bonds. The van der Waals surface area contributed by atoms with Crippen LogP contribution in [0.25, 0.3) is 11.0 Å². The van der Waals surface area contributed by atoms with Crippen molar-refractivity contribution in [3.63, 3.8) is 0 Å². The smallest absolute Gasteiger partial charge is 0.134 e. The third kappa shape index (κ3) is 3.79. The van der Waals surface area contributed by atoms with E-state index in [-0.39, 0.29) is 12.1 Å². The van der Waals surface area contributed by atoms with Crippen LogP contribution in [0.2, 0.25) is 5.02 Å². The van der Waals surface area contributed by atoms with Crippen molar-refractivity contribution in [3.05, 3.63) is 35.0 Å². The lowest BCUT2D eigenvalue weighted by Gasteiger charge is -2.28. The number of rotatable bonds is 7. The van der Waals surface area contributed by atoms with Crippen molar-refractivity contribution >= 4 is 22.6 Å². The third-order valence-electron chi connectivity index (χ3n) is 3.68. The minimum Gasteiger partial charge on any atom is -0.459 e. The van der Waals surface area contributed by atoms with Gasteiger partial charge in [0.25, 0.3) is 0 Å². The highest BCUT2D eigenvalue weighted by atomic mass is 35.5. The van der Waals surface area contributed by atoms with Crippen molar-refractivity contribution in [2.45, 2.75) is 39.3 Å². The summed E-state index contributed by atoms with van der Waals surface area (Å²) in [6, 6.07) is 7.79. The molecule has 1 heterocycles. The van der Waals surface area contributed by atoms with Crippen LogP contribution in [0.5, 0.6) is 0 Å². The fourth-order valence-corrected chi connectivity index (χ4v) is 2.84. The second kappa shape index (κ2) is 7.30. The first-order valence-electron chi connectivity index (χ1n) is 7.52. The highest BCUT2D eigenvalue weighted by Crippen LogP contribution is 2.30. The molecule has 0 spiro atoms. The van der Waals surface area contributed by atoms with Crippen LogP contribution in [-0.4, -0.2) is 19.8 Å². The summed E-state index contributed by atoms with van der Waals surface area (Å²) < 4.78 is 11.7. The molecule has 116 valence electrons. The zero-order valence-corrected chi connectivity index (χ0v) is 13.9. The average Bonchev–Trinajstić information content (AvgIpc) is 2.85. The van der Waals surface area contributed by atoms with Gasteiger partial charge in [0.1, 0.15) is 11.3 Å². The normalized spacial score (nSPS) is 14.8. The Hall–Kier alpha value is -1.03. The number of fused-ring (bicyclic) bond motifs is 1. The summed E-state index contributed by atoms with van der Waals surface area (Å²) in [6.45, 7) is 7.40. The molecule has 0 aliphatic carbocycles. The molecule has 0 saturated heterocycles. The second-order valence-electron chi connectivity index (χ2n) is 5.71. The van der Waals surface area contributed by atoms with Crippen molar-refractivity contribution in [2.75, 3.05) is 13.7 Å². The maximum Gasteiger partial charge on any atom is 0.134 e. The SMILES string of the molecule is CCCNC(c1cc2cc(Cl)ccc2o1)C(OC)C(C)C. The molecular weight excluding hydrogens is 286 g/mol. The first-order chi connectivity index (χ1) is 10.1. The molecule has 2 rings (SSSR count). The van der Waals surface area contributed by atoms with Gasteiger partial charge in [0.05, 0.1) is 12.1 Å². The van der Waals surface area contributed by atoms with Gasteiger partial charge in [0.2, 0.25) is 0 Å².